The van der Waals surface area contributed by atoms with Crippen molar-refractivity contribution in [3.05, 3.63) is 64.0 Å². The first-order chi connectivity index (χ1) is 8.97. The number of rotatable bonds is 2. The first kappa shape index (κ1) is 18.9. The van der Waals surface area contributed by atoms with Gasteiger partial charge in [-0.15, -0.1) is 24.8 Å². The van der Waals surface area contributed by atoms with Gasteiger partial charge in [-0.1, -0.05) is 0 Å². The summed E-state index contributed by atoms with van der Waals surface area (Å²) in [5, 5.41) is 0. The Kier molecular flexibility index (Phi) is 5.89. The molecule has 0 atom stereocenters. The van der Waals surface area contributed by atoms with Crippen molar-refractivity contribution in [3.63, 3.8) is 0 Å². The number of hydrogen-bond acceptors (Lipinski definition) is 0. The number of allylic oxidation sites excluding steroid dienone is 4. The summed E-state index contributed by atoms with van der Waals surface area (Å²) < 4.78 is 8.49. The van der Waals surface area contributed by atoms with Crippen molar-refractivity contribution in [2.24, 2.45) is 0 Å². The van der Waals surface area contributed by atoms with Crippen LogP contribution in [-0.2, 0) is 17.4 Å². The van der Waals surface area contributed by atoms with Crippen molar-refractivity contribution in [2.75, 3.05) is 0 Å². The summed E-state index contributed by atoms with van der Waals surface area (Å²) in [5.74, 6) is 0. The van der Waals surface area contributed by atoms with Gasteiger partial charge in [-0.2, -0.15) is 0 Å². The van der Waals surface area contributed by atoms with Crippen LogP contribution in [0, 0.1) is 0 Å². The second-order valence-electron chi connectivity index (χ2n) is 6.54. The first-order valence-electron chi connectivity index (χ1n) is 6.89. The molecule has 0 spiro atoms. The number of fused-ring (bicyclic) bond motifs is 1. The Hall–Kier alpha value is -0.140. The molecule has 0 aromatic carbocycles. The molecule has 3 aliphatic carbocycles. The molecule has 4 heteroatoms. The Morgan fingerprint density at radius 3 is 2.33 bits per heavy atom. The SMILES string of the molecule is Cl.Cl.[CH3][Zr]([CH3])(=[SiH2])([C]1=CC=CC1)[c]1ccc2cccccc1-2. The minimum absolute atomic E-state index is 0. The van der Waals surface area contributed by atoms with Crippen LogP contribution >= 0.6 is 24.8 Å². The second-order valence-corrected chi connectivity index (χ2v) is 35.2. The molecule has 0 saturated carbocycles. The van der Waals surface area contributed by atoms with E-state index < -0.39 is 17.4 Å². The van der Waals surface area contributed by atoms with Crippen LogP contribution in [-0.4, -0.2) is 6.88 Å². The molecule has 21 heavy (non-hydrogen) atoms. The van der Waals surface area contributed by atoms with E-state index >= 15 is 0 Å². The predicted molar refractivity (Wildman–Crippen MR) is 99.3 cm³/mol. The van der Waals surface area contributed by atoms with E-state index in [-0.39, 0.29) is 24.8 Å². The molecule has 3 aliphatic rings. The van der Waals surface area contributed by atoms with Crippen molar-refractivity contribution in [1.29, 1.82) is 0 Å². The van der Waals surface area contributed by atoms with Crippen LogP contribution in [0.25, 0.3) is 11.1 Å². The topological polar surface area (TPSA) is 0 Å². The molecule has 3 rings (SSSR count). The average Bonchev–Trinajstić information content (AvgIpc) is 2.96. The zero-order valence-corrected chi connectivity index (χ0v) is 18.0. The standard InChI is InChI=1S/C10H7.C5H5.2CH3.2ClH.H2Si.Zr/c1-2-5-9-7-4-8-10(9)6-3-1;1-2-4-5-3-1;;;;;;/h1-7H;1-3H,4H2;2*1H3;2*1H;1H2;. The zero-order valence-electron chi connectivity index (χ0n) is 12.5. The van der Waals surface area contributed by atoms with Gasteiger partial charge in [-0.25, -0.2) is 0 Å². The molecule has 0 radical (unpaired) electrons. The average molecular weight is 417 g/mol. The molecule has 0 unspecified atom stereocenters. The summed E-state index contributed by atoms with van der Waals surface area (Å²) >= 11 is -2.95. The maximum atomic E-state index is 2.57. The van der Waals surface area contributed by atoms with E-state index in [2.05, 4.69) is 76.8 Å². The van der Waals surface area contributed by atoms with Crippen molar-refractivity contribution in [3.8, 4) is 11.1 Å². The number of halogens is 2. The quantitative estimate of drug-likeness (QED) is 0.635. The molecule has 0 nitrogen and oxygen atoms in total. The van der Waals surface area contributed by atoms with Gasteiger partial charge >= 0.3 is 118 Å². The fourth-order valence-corrected chi connectivity index (χ4v) is 15.0. The molecule has 0 amide bonds. The van der Waals surface area contributed by atoms with E-state index in [0.717, 1.165) is 6.42 Å². The van der Waals surface area contributed by atoms with E-state index in [1.165, 1.54) is 11.1 Å². The van der Waals surface area contributed by atoms with E-state index in [1.54, 1.807) is 6.55 Å². The summed E-state index contributed by atoms with van der Waals surface area (Å²) in [6, 6.07) is 15.6. The zero-order chi connectivity index (χ0) is 13.5. The van der Waals surface area contributed by atoms with E-state index in [4.69, 9.17) is 0 Å². The Morgan fingerprint density at radius 2 is 1.67 bits per heavy atom. The fourth-order valence-electron chi connectivity index (χ4n) is 3.13. The van der Waals surface area contributed by atoms with Gasteiger partial charge in [-0.3, -0.25) is 0 Å². The van der Waals surface area contributed by atoms with Crippen molar-refractivity contribution >= 4 is 35.0 Å². The molecule has 0 aliphatic heterocycles. The third-order valence-corrected chi connectivity index (χ3v) is 20.7. The predicted octanol–water partition coefficient (Wildman–Crippen LogP) is 4.44. The van der Waals surface area contributed by atoms with Crippen LogP contribution < -0.4 is 3.27 Å². The number of hydrogen-bond donors (Lipinski definition) is 0. The fraction of sp³-hybridized carbons (Fsp3) is 0.176. The molecule has 0 saturated heterocycles. The third kappa shape index (κ3) is 3.29. The molecular formula is C17H22Cl2SiZr. The minimum atomic E-state index is -2.95. The van der Waals surface area contributed by atoms with Gasteiger partial charge < -0.3 is 0 Å². The van der Waals surface area contributed by atoms with Crippen molar-refractivity contribution in [2.45, 2.75) is 15.7 Å². The monoisotopic (exact) mass is 414 g/mol. The Labute approximate surface area is 142 Å². The molecular weight excluding hydrogens is 394 g/mol. The molecule has 112 valence electrons. The molecule has 0 heterocycles. The van der Waals surface area contributed by atoms with E-state index in [0.29, 0.717) is 0 Å². The molecule has 0 bridgehead atoms. The Balaban J connectivity index is 0.00000110. The summed E-state index contributed by atoms with van der Waals surface area (Å²) in [7, 11) is 0. The van der Waals surface area contributed by atoms with Crippen LogP contribution in [0.4, 0.5) is 0 Å². The van der Waals surface area contributed by atoms with E-state index in [1.807, 2.05) is 0 Å². The second kappa shape index (κ2) is 6.54. The van der Waals surface area contributed by atoms with Crippen LogP contribution in [0.15, 0.2) is 64.0 Å². The summed E-state index contributed by atoms with van der Waals surface area (Å²) in [4.78, 5) is 0. The van der Waals surface area contributed by atoms with Gasteiger partial charge in [0.2, 0.25) is 0 Å². The van der Waals surface area contributed by atoms with Gasteiger partial charge in [0.15, 0.2) is 0 Å². The Morgan fingerprint density at radius 1 is 0.952 bits per heavy atom. The Bertz CT molecular complexity index is 740. The van der Waals surface area contributed by atoms with Crippen molar-refractivity contribution in [1.82, 2.24) is 0 Å². The van der Waals surface area contributed by atoms with Crippen LogP contribution in [0.3, 0.4) is 0 Å². The molecule has 0 aromatic rings. The first-order valence-corrected chi connectivity index (χ1v) is 20.2. The van der Waals surface area contributed by atoms with Crippen molar-refractivity contribution < 1.29 is 17.4 Å². The summed E-state index contributed by atoms with van der Waals surface area (Å²) in [6.07, 6.45) is 8.07. The van der Waals surface area contributed by atoms with Crippen LogP contribution in [0.2, 0.25) is 9.26 Å². The van der Waals surface area contributed by atoms with Gasteiger partial charge in [0.05, 0.1) is 0 Å². The normalized spacial score (nSPS) is 14.3. The summed E-state index contributed by atoms with van der Waals surface area (Å²) in [5.41, 5.74) is 2.84. The van der Waals surface area contributed by atoms with Gasteiger partial charge in [0.1, 0.15) is 0 Å². The third-order valence-electron chi connectivity index (χ3n) is 4.46. The van der Waals surface area contributed by atoms with E-state index in [9.17, 15) is 0 Å². The molecule has 0 aromatic heterocycles. The van der Waals surface area contributed by atoms with Gasteiger partial charge in [-0.05, 0) is 0 Å². The summed E-state index contributed by atoms with van der Waals surface area (Å²) in [6.45, 7) is 2.31. The molecule has 0 fully saturated rings. The van der Waals surface area contributed by atoms with Crippen LogP contribution in [0.1, 0.15) is 6.42 Å². The maximum absolute atomic E-state index is 2.95. The molecule has 0 N–H and O–H groups in total. The van der Waals surface area contributed by atoms with Gasteiger partial charge in [0.25, 0.3) is 0 Å². The van der Waals surface area contributed by atoms with Gasteiger partial charge in [0, 0.05) is 0 Å². The van der Waals surface area contributed by atoms with Crippen LogP contribution in [0.5, 0.6) is 0 Å².